The highest BCUT2D eigenvalue weighted by Gasteiger charge is 2.12. The maximum atomic E-state index is 13.6. The Hall–Kier alpha value is -3.55. The topological polar surface area (TPSA) is 76.1 Å². The van der Waals surface area contributed by atoms with Crippen molar-refractivity contribution < 1.29 is 18.3 Å². The van der Waals surface area contributed by atoms with Gasteiger partial charge in [-0.05, 0) is 43.3 Å². The van der Waals surface area contributed by atoms with Crippen LogP contribution in [-0.2, 0) is 0 Å². The lowest BCUT2D eigenvalue weighted by molar-refractivity contribution is 0.102. The van der Waals surface area contributed by atoms with Crippen LogP contribution in [0.3, 0.4) is 0 Å². The van der Waals surface area contributed by atoms with E-state index >= 15 is 0 Å². The molecular weight excluding hydrogens is 354 g/mol. The normalized spacial score (nSPS) is 10.3. The standard InChI is InChI=1S/C19H16F2N4O2/c1-2-27-14-6-4-13(5-7-14)24-18-11-22-17(10-23-18)19(26)25-16-8-3-12(20)9-15(16)21/h3-11H,2H2,1H3,(H,23,24)(H,25,26). The molecule has 3 aromatic rings. The number of ether oxygens (including phenoxy) is 1. The van der Waals surface area contributed by atoms with Crippen LogP contribution in [0.1, 0.15) is 17.4 Å². The zero-order chi connectivity index (χ0) is 19.2. The first-order valence-corrected chi connectivity index (χ1v) is 8.13. The van der Waals surface area contributed by atoms with Crippen LogP contribution >= 0.6 is 0 Å². The Morgan fingerprint density at radius 1 is 1.07 bits per heavy atom. The van der Waals surface area contributed by atoms with Crippen molar-refractivity contribution in [2.75, 3.05) is 17.2 Å². The van der Waals surface area contributed by atoms with Gasteiger partial charge in [0.15, 0.2) is 0 Å². The van der Waals surface area contributed by atoms with Crippen molar-refractivity contribution in [3.63, 3.8) is 0 Å². The number of nitrogens with zero attached hydrogens (tertiary/aromatic N) is 2. The van der Waals surface area contributed by atoms with Gasteiger partial charge in [0.25, 0.3) is 5.91 Å². The minimum atomic E-state index is -0.870. The van der Waals surface area contributed by atoms with Crippen LogP contribution in [0, 0.1) is 11.6 Å². The largest absolute Gasteiger partial charge is 0.494 e. The number of rotatable bonds is 6. The molecule has 2 N–H and O–H groups in total. The van der Waals surface area contributed by atoms with Gasteiger partial charge in [0, 0.05) is 11.8 Å². The third-order valence-corrected chi connectivity index (χ3v) is 3.50. The molecule has 3 rings (SSSR count). The molecule has 0 saturated carbocycles. The monoisotopic (exact) mass is 370 g/mol. The molecule has 0 aliphatic rings. The number of hydrogen-bond donors (Lipinski definition) is 2. The Labute approximate surface area is 154 Å². The zero-order valence-electron chi connectivity index (χ0n) is 14.4. The van der Waals surface area contributed by atoms with Crippen LogP contribution in [0.5, 0.6) is 5.75 Å². The Morgan fingerprint density at radius 2 is 1.85 bits per heavy atom. The van der Waals surface area contributed by atoms with Gasteiger partial charge in [-0.3, -0.25) is 4.79 Å². The van der Waals surface area contributed by atoms with E-state index in [9.17, 15) is 13.6 Å². The number of carbonyl (C=O) groups is 1. The summed E-state index contributed by atoms with van der Waals surface area (Å²) in [6.07, 6.45) is 2.64. The number of aromatic nitrogens is 2. The van der Waals surface area contributed by atoms with Gasteiger partial charge in [-0.1, -0.05) is 0 Å². The van der Waals surface area contributed by atoms with Crippen LogP contribution in [0.4, 0.5) is 26.0 Å². The predicted octanol–water partition coefficient (Wildman–Crippen LogP) is 4.15. The van der Waals surface area contributed by atoms with Gasteiger partial charge >= 0.3 is 0 Å². The molecule has 2 aromatic carbocycles. The van der Waals surface area contributed by atoms with E-state index in [1.165, 1.54) is 12.4 Å². The van der Waals surface area contributed by atoms with E-state index in [-0.39, 0.29) is 11.4 Å². The molecule has 0 radical (unpaired) electrons. The second-order valence-electron chi connectivity index (χ2n) is 5.45. The maximum Gasteiger partial charge on any atom is 0.275 e. The lowest BCUT2D eigenvalue weighted by Crippen LogP contribution is -2.15. The van der Waals surface area contributed by atoms with Gasteiger partial charge in [-0.25, -0.2) is 18.7 Å². The number of hydrogen-bond acceptors (Lipinski definition) is 5. The van der Waals surface area contributed by atoms with Gasteiger partial charge in [0.1, 0.15) is 28.9 Å². The maximum absolute atomic E-state index is 13.6. The smallest absolute Gasteiger partial charge is 0.275 e. The summed E-state index contributed by atoms with van der Waals surface area (Å²) in [7, 11) is 0. The van der Waals surface area contributed by atoms with Gasteiger partial charge in [0.05, 0.1) is 24.7 Å². The quantitative estimate of drug-likeness (QED) is 0.682. The minimum absolute atomic E-state index is 0.00373. The van der Waals surface area contributed by atoms with E-state index in [1.807, 2.05) is 31.2 Å². The van der Waals surface area contributed by atoms with Crippen molar-refractivity contribution in [1.82, 2.24) is 9.97 Å². The highest BCUT2D eigenvalue weighted by Crippen LogP contribution is 2.19. The fourth-order valence-corrected chi connectivity index (χ4v) is 2.24. The van der Waals surface area contributed by atoms with E-state index in [0.717, 1.165) is 23.6 Å². The van der Waals surface area contributed by atoms with Crippen molar-refractivity contribution in [3.05, 3.63) is 72.2 Å². The number of anilines is 3. The summed E-state index contributed by atoms with van der Waals surface area (Å²) >= 11 is 0. The lowest BCUT2D eigenvalue weighted by Gasteiger charge is -2.08. The predicted molar refractivity (Wildman–Crippen MR) is 97.2 cm³/mol. The molecule has 0 aliphatic carbocycles. The molecule has 8 heteroatoms. The molecule has 0 fully saturated rings. The molecule has 1 amide bonds. The highest BCUT2D eigenvalue weighted by atomic mass is 19.1. The molecule has 1 heterocycles. The number of nitrogens with one attached hydrogen (secondary N) is 2. The van der Waals surface area contributed by atoms with E-state index < -0.39 is 17.5 Å². The van der Waals surface area contributed by atoms with Crippen molar-refractivity contribution in [2.45, 2.75) is 6.92 Å². The fraction of sp³-hybridized carbons (Fsp3) is 0.105. The average Bonchev–Trinajstić information content (AvgIpc) is 2.66. The molecule has 0 bridgehead atoms. The molecule has 0 atom stereocenters. The summed E-state index contributed by atoms with van der Waals surface area (Å²) in [6, 6.07) is 10.2. The Balaban J connectivity index is 1.64. The van der Waals surface area contributed by atoms with Crippen molar-refractivity contribution in [3.8, 4) is 5.75 Å². The molecular formula is C19H16F2N4O2. The minimum Gasteiger partial charge on any atom is -0.494 e. The third kappa shape index (κ3) is 4.75. The van der Waals surface area contributed by atoms with Gasteiger partial charge < -0.3 is 15.4 Å². The van der Waals surface area contributed by atoms with Crippen LogP contribution in [0.2, 0.25) is 0 Å². The average molecular weight is 370 g/mol. The number of halogens is 2. The first kappa shape index (κ1) is 18.2. The molecule has 0 aliphatic heterocycles. The number of benzene rings is 2. The summed E-state index contributed by atoms with van der Waals surface area (Å²) in [5.41, 5.74) is 0.633. The highest BCUT2D eigenvalue weighted by molar-refractivity contribution is 6.02. The van der Waals surface area contributed by atoms with Crippen molar-refractivity contribution in [1.29, 1.82) is 0 Å². The summed E-state index contributed by atoms with van der Waals surface area (Å²) < 4.78 is 31.9. The van der Waals surface area contributed by atoms with Crippen LogP contribution < -0.4 is 15.4 Å². The van der Waals surface area contributed by atoms with Crippen LogP contribution in [0.15, 0.2) is 54.9 Å². The van der Waals surface area contributed by atoms with Gasteiger partial charge in [-0.15, -0.1) is 0 Å². The second-order valence-corrected chi connectivity index (χ2v) is 5.45. The third-order valence-electron chi connectivity index (χ3n) is 3.50. The van der Waals surface area contributed by atoms with Crippen LogP contribution in [0.25, 0.3) is 0 Å². The molecule has 6 nitrogen and oxygen atoms in total. The van der Waals surface area contributed by atoms with E-state index in [2.05, 4.69) is 20.6 Å². The van der Waals surface area contributed by atoms with Crippen molar-refractivity contribution in [2.24, 2.45) is 0 Å². The SMILES string of the molecule is CCOc1ccc(Nc2cnc(C(=O)Nc3ccc(F)cc3F)cn2)cc1. The molecule has 0 spiro atoms. The summed E-state index contributed by atoms with van der Waals surface area (Å²) in [5.74, 6) is -1.06. The van der Waals surface area contributed by atoms with E-state index in [0.29, 0.717) is 18.5 Å². The van der Waals surface area contributed by atoms with Crippen molar-refractivity contribution >= 4 is 23.1 Å². The number of carbonyl (C=O) groups excluding carboxylic acids is 1. The Bertz CT molecular complexity index is 931. The molecule has 1 aromatic heterocycles. The summed E-state index contributed by atoms with van der Waals surface area (Å²) in [5, 5.41) is 5.37. The Kier molecular flexibility index (Phi) is 5.55. The fourth-order valence-electron chi connectivity index (χ4n) is 2.24. The summed E-state index contributed by atoms with van der Waals surface area (Å²) in [4.78, 5) is 20.2. The van der Waals surface area contributed by atoms with E-state index in [4.69, 9.17) is 4.74 Å². The first-order chi connectivity index (χ1) is 13.0. The summed E-state index contributed by atoms with van der Waals surface area (Å²) in [6.45, 7) is 2.49. The molecule has 138 valence electrons. The molecule has 0 saturated heterocycles. The lowest BCUT2D eigenvalue weighted by atomic mass is 10.3. The number of amides is 1. The van der Waals surface area contributed by atoms with Crippen LogP contribution in [-0.4, -0.2) is 22.5 Å². The zero-order valence-corrected chi connectivity index (χ0v) is 14.4. The first-order valence-electron chi connectivity index (χ1n) is 8.13. The Morgan fingerprint density at radius 3 is 2.48 bits per heavy atom. The molecule has 0 unspecified atom stereocenters. The van der Waals surface area contributed by atoms with Gasteiger partial charge in [0.2, 0.25) is 0 Å². The molecule has 27 heavy (non-hydrogen) atoms. The second kappa shape index (κ2) is 8.22. The van der Waals surface area contributed by atoms with E-state index in [1.54, 1.807) is 0 Å². The van der Waals surface area contributed by atoms with Gasteiger partial charge in [-0.2, -0.15) is 0 Å².